The van der Waals surface area contributed by atoms with Crippen molar-refractivity contribution in [1.82, 2.24) is 15.0 Å². The summed E-state index contributed by atoms with van der Waals surface area (Å²) < 4.78 is 38.0. The highest BCUT2D eigenvalue weighted by Gasteiger charge is 2.39. The summed E-state index contributed by atoms with van der Waals surface area (Å²) in [4.78, 5) is 15.1. The third-order valence-corrected chi connectivity index (χ3v) is 2.83. The van der Waals surface area contributed by atoms with E-state index in [2.05, 4.69) is 20.3 Å². The van der Waals surface area contributed by atoms with Crippen LogP contribution in [0.1, 0.15) is 12.8 Å². The van der Waals surface area contributed by atoms with Crippen molar-refractivity contribution in [1.29, 1.82) is 0 Å². The Morgan fingerprint density at radius 3 is 2.20 bits per heavy atom. The minimum absolute atomic E-state index is 0.0628. The second-order valence-electron chi connectivity index (χ2n) is 4.88. The van der Waals surface area contributed by atoms with Crippen molar-refractivity contribution in [3.63, 3.8) is 0 Å². The Morgan fingerprint density at radius 1 is 1.15 bits per heavy atom. The van der Waals surface area contributed by atoms with Crippen LogP contribution in [0.4, 0.5) is 31.0 Å². The molecule has 1 N–H and O–H groups in total. The smallest absolute Gasteiger partial charge is 0.357 e. The summed E-state index contributed by atoms with van der Waals surface area (Å²) in [5, 5.41) is 2.74. The molecule has 0 unspecified atom stereocenters. The van der Waals surface area contributed by atoms with E-state index >= 15 is 0 Å². The van der Waals surface area contributed by atoms with E-state index in [0.717, 1.165) is 12.8 Å². The highest BCUT2D eigenvalue weighted by molar-refractivity contribution is 5.45. The fourth-order valence-electron chi connectivity index (χ4n) is 1.74. The molecule has 2 rings (SSSR count). The Kier molecular flexibility index (Phi) is 3.87. The number of hydrogen-bond donors (Lipinski definition) is 1. The van der Waals surface area contributed by atoms with Crippen molar-refractivity contribution in [2.45, 2.75) is 25.1 Å². The van der Waals surface area contributed by atoms with E-state index in [1.54, 1.807) is 26.0 Å². The summed E-state index contributed by atoms with van der Waals surface area (Å²) >= 11 is 0. The molecule has 1 fully saturated rings. The van der Waals surface area contributed by atoms with Gasteiger partial charge >= 0.3 is 6.18 Å². The van der Waals surface area contributed by atoms with E-state index < -0.39 is 12.7 Å². The van der Waals surface area contributed by atoms with E-state index in [0.29, 0.717) is 5.95 Å². The van der Waals surface area contributed by atoms with Crippen LogP contribution >= 0.6 is 0 Å². The molecule has 0 amide bonds. The largest absolute Gasteiger partial charge is 0.406 e. The molecule has 112 valence electrons. The van der Waals surface area contributed by atoms with Gasteiger partial charge in [0, 0.05) is 27.2 Å². The molecule has 0 aromatic carbocycles. The van der Waals surface area contributed by atoms with Crippen molar-refractivity contribution in [3.05, 3.63) is 0 Å². The summed E-state index contributed by atoms with van der Waals surface area (Å²) in [6.07, 6.45) is -2.82. The molecule has 6 nitrogen and oxygen atoms in total. The first-order chi connectivity index (χ1) is 9.30. The molecule has 0 radical (unpaired) electrons. The summed E-state index contributed by atoms with van der Waals surface area (Å²) in [6, 6.07) is -0.140. The molecule has 20 heavy (non-hydrogen) atoms. The van der Waals surface area contributed by atoms with Gasteiger partial charge < -0.3 is 15.1 Å². The maximum absolute atomic E-state index is 12.7. The van der Waals surface area contributed by atoms with Gasteiger partial charge in [-0.25, -0.2) is 0 Å². The molecule has 0 bridgehead atoms. The molecule has 0 spiro atoms. The Hall–Kier alpha value is -1.80. The van der Waals surface area contributed by atoms with Crippen LogP contribution in [0.2, 0.25) is 0 Å². The van der Waals surface area contributed by atoms with E-state index in [1.165, 1.54) is 4.90 Å². The van der Waals surface area contributed by atoms with E-state index in [1.807, 2.05) is 0 Å². The van der Waals surface area contributed by atoms with Gasteiger partial charge in [0.2, 0.25) is 17.8 Å². The first kappa shape index (κ1) is 14.6. The van der Waals surface area contributed by atoms with Crippen molar-refractivity contribution in [2.24, 2.45) is 0 Å². The lowest BCUT2D eigenvalue weighted by molar-refractivity contribution is -0.120. The van der Waals surface area contributed by atoms with Gasteiger partial charge in [0.25, 0.3) is 0 Å². The average molecular weight is 290 g/mol. The molecule has 1 heterocycles. The SMILES string of the molecule is CNc1nc(N(C)C)nc(N(CC(F)(F)F)C2CC2)n1. The fraction of sp³-hybridized carbons (Fsp3) is 0.727. The number of nitrogens with zero attached hydrogens (tertiary/aromatic N) is 5. The number of nitrogens with one attached hydrogen (secondary N) is 1. The van der Waals surface area contributed by atoms with Crippen molar-refractivity contribution in [3.8, 4) is 0 Å². The van der Waals surface area contributed by atoms with Crippen LogP contribution < -0.4 is 15.1 Å². The van der Waals surface area contributed by atoms with Crippen LogP contribution in [0, 0.1) is 0 Å². The number of hydrogen-bond acceptors (Lipinski definition) is 6. The second kappa shape index (κ2) is 5.29. The first-order valence-corrected chi connectivity index (χ1v) is 6.24. The van der Waals surface area contributed by atoms with Crippen LogP contribution in [0.3, 0.4) is 0 Å². The minimum Gasteiger partial charge on any atom is -0.357 e. The molecule has 1 aromatic rings. The molecular formula is C11H17F3N6. The van der Waals surface area contributed by atoms with Gasteiger partial charge in [-0.1, -0.05) is 0 Å². The average Bonchev–Trinajstić information content (AvgIpc) is 3.18. The van der Waals surface area contributed by atoms with Gasteiger partial charge in [0.05, 0.1) is 0 Å². The van der Waals surface area contributed by atoms with Crippen LogP contribution in [-0.4, -0.2) is 54.9 Å². The van der Waals surface area contributed by atoms with Gasteiger partial charge in [0.15, 0.2) is 0 Å². The zero-order chi connectivity index (χ0) is 14.9. The lowest BCUT2D eigenvalue weighted by atomic mass is 10.4. The summed E-state index contributed by atoms with van der Waals surface area (Å²) in [5.41, 5.74) is 0. The topological polar surface area (TPSA) is 57.2 Å². The molecule has 0 saturated heterocycles. The van der Waals surface area contributed by atoms with Crippen LogP contribution in [-0.2, 0) is 0 Å². The molecule has 1 aliphatic carbocycles. The van der Waals surface area contributed by atoms with Gasteiger partial charge in [-0.2, -0.15) is 28.1 Å². The molecule has 0 atom stereocenters. The second-order valence-corrected chi connectivity index (χ2v) is 4.88. The normalized spacial score (nSPS) is 15.1. The lowest BCUT2D eigenvalue weighted by Crippen LogP contribution is -2.37. The standard InChI is InChI=1S/C11H17F3N6/c1-15-8-16-9(19(2)3)18-10(17-8)20(7-4-5-7)6-11(12,13)14/h7H,4-6H2,1-3H3,(H,15,16,17,18). The molecule has 9 heteroatoms. The van der Waals surface area contributed by atoms with E-state index in [9.17, 15) is 13.2 Å². The Morgan fingerprint density at radius 2 is 1.75 bits per heavy atom. The summed E-state index contributed by atoms with van der Waals surface area (Å²) in [5.74, 6) is 0.645. The molecule has 1 saturated carbocycles. The first-order valence-electron chi connectivity index (χ1n) is 6.24. The Balaban J connectivity index is 2.34. The number of alkyl halides is 3. The highest BCUT2D eigenvalue weighted by Crippen LogP contribution is 2.33. The quantitative estimate of drug-likeness (QED) is 0.887. The number of anilines is 3. The van der Waals surface area contributed by atoms with Crippen molar-refractivity contribution >= 4 is 17.8 Å². The predicted molar refractivity (Wildman–Crippen MR) is 70.1 cm³/mol. The number of rotatable bonds is 5. The van der Waals surface area contributed by atoms with Gasteiger partial charge in [-0.15, -0.1) is 0 Å². The summed E-state index contributed by atoms with van der Waals surface area (Å²) in [6.45, 7) is -1.04. The van der Waals surface area contributed by atoms with E-state index in [4.69, 9.17) is 0 Å². The Labute approximate surface area is 115 Å². The minimum atomic E-state index is -4.28. The maximum atomic E-state index is 12.7. The molecule has 1 aliphatic rings. The zero-order valence-corrected chi connectivity index (χ0v) is 11.6. The highest BCUT2D eigenvalue weighted by atomic mass is 19.4. The number of halogens is 3. The number of aromatic nitrogens is 3. The van der Waals surface area contributed by atoms with Crippen LogP contribution in [0.25, 0.3) is 0 Å². The van der Waals surface area contributed by atoms with Crippen LogP contribution in [0.5, 0.6) is 0 Å². The monoisotopic (exact) mass is 290 g/mol. The van der Waals surface area contributed by atoms with Gasteiger partial charge in [0.1, 0.15) is 6.54 Å². The Bertz CT molecular complexity index is 472. The van der Waals surface area contributed by atoms with E-state index in [-0.39, 0.29) is 17.9 Å². The molecule has 0 aliphatic heterocycles. The van der Waals surface area contributed by atoms with Crippen molar-refractivity contribution < 1.29 is 13.2 Å². The fourth-order valence-corrected chi connectivity index (χ4v) is 1.74. The van der Waals surface area contributed by atoms with Crippen LogP contribution in [0.15, 0.2) is 0 Å². The lowest BCUT2D eigenvalue weighted by Gasteiger charge is -2.24. The van der Waals surface area contributed by atoms with Gasteiger partial charge in [-0.3, -0.25) is 0 Å². The maximum Gasteiger partial charge on any atom is 0.406 e. The molecule has 1 aromatic heterocycles. The third-order valence-electron chi connectivity index (χ3n) is 2.83. The predicted octanol–water partition coefficient (Wildman–Crippen LogP) is 1.51. The van der Waals surface area contributed by atoms with Crippen molar-refractivity contribution in [2.75, 3.05) is 42.8 Å². The third kappa shape index (κ3) is 3.61. The molecular weight excluding hydrogens is 273 g/mol. The summed E-state index contributed by atoms with van der Waals surface area (Å²) in [7, 11) is 5.07. The van der Waals surface area contributed by atoms with Gasteiger partial charge in [-0.05, 0) is 12.8 Å². The zero-order valence-electron chi connectivity index (χ0n) is 11.6.